The lowest BCUT2D eigenvalue weighted by molar-refractivity contribution is -0.116. The van der Waals surface area contributed by atoms with Crippen LogP contribution in [0.2, 0.25) is 0 Å². The SMILES string of the molecule is CCN1CCC(c2cc(-c3cccc(CC(C)=O)c3)sc2C(=O)OC)=C(C2CCC(C)CC2)C1. The third-order valence-electron chi connectivity index (χ3n) is 7.51. The van der Waals surface area contributed by atoms with Crippen LogP contribution < -0.4 is 0 Å². The summed E-state index contributed by atoms with van der Waals surface area (Å²) in [6, 6.07) is 10.3. The van der Waals surface area contributed by atoms with E-state index in [0.29, 0.717) is 17.2 Å². The van der Waals surface area contributed by atoms with Crippen molar-refractivity contribution in [3.05, 3.63) is 51.9 Å². The number of carbonyl (C=O) groups is 2. The first-order valence-corrected chi connectivity index (χ1v) is 13.5. The first-order valence-electron chi connectivity index (χ1n) is 12.6. The minimum absolute atomic E-state index is 0.151. The van der Waals surface area contributed by atoms with E-state index < -0.39 is 0 Å². The molecule has 0 N–H and O–H groups in total. The number of hydrogen-bond acceptors (Lipinski definition) is 5. The Bertz CT molecular complexity index is 1070. The maximum absolute atomic E-state index is 12.9. The van der Waals surface area contributed by atoms with Crippen LogP contribution >= 0.6 is 11.3 Å². The number of hydrogen-bond donors (Lipinski definition) is 0. The molecule has 0 spiro atoms. The minimum atomic E-state index is -0.256. The number of ether oxygens (including phenoxy) is 1. The van der Waals surface area contributed by atoms with Crippen LogP contribution in [0.15, 0.2) is 35.9 Å². The van der Waals surface area contributed by atoms with Gasteiger partial charge in [-0.05, 0) is 79.0 Å². The largest absolute Gasteiger partial charge is 0.465 e. The molecule has 0 atom stereocenters. The van der Waals surface area contributed by atoms with Crippen LogP contribution in [0.25, 0.3) is 16.0 Å². The molecule has 4 rings (SSSR count). The van der Waals surface area contributed by atoms with Gasteiger partial charge in [-0.2, -0.15) is 0 Å². The maximum Gasteiger partial charge on any atom is 0.348 e. The Labute approximate surface area is 208 Å². The lowest BCUT2D eigenvalue weighted by Gasteiger charge is -2.37. The summed E-state index contributed by atoms with van der Waals surface area (Å²) < 4.78 is 5.22. The van der Waals surface area contributed by atoms with Gasteiger partial charge in [-0.15, -0.1) is 11.3 Å². The number of ketones is 1. The lowest BCUT2D eigenvalue weighted by atomic mass is 9.75. The monoisotopic (exact) mass is 479 g/mol. The highest BCUT2D eigenvalue weighted by molar-refractivity contribution is 7.17. The van der Waals surface area contributed by atoms with Crippen molar-refractivity contribution < 1.29 is 14.3 Å². The average Bonchev–Trinajstić information content (AvgIpc) is 3.29. The molecule has 4 nitrogen and oxygen atoms in total. The van der Waals surface area contributed by atoms with Crippen LogP contribution in [0.4, 0.5) is 0 Å². The summed E-state index contributed by atoms with van der Waals surface area (Å²) in [5, 5.41) is 0. The van der Waals surface area contributed by atoms with E-state index in [2.05, 4.69) is 36.9 Å². The first-order chi connectivity index (χ1) is 16.4. The van der Waals surface area contributed by atoms with E-state index in [1.54, 1.807) is 12.5 Å². The second-order valence-electron chi connectivity index (χ2n) is 10.0. The molecular weight excluding hydrogens is 442 g/mol. The number of rotatable bonds is 7. The quantitative estimate of drug-likeness (QED) is 0.418. The molecule has 2 aromatic rings. The number of likely N-dealkylation sites (N-methyl/N-ethyl adjacent to an activating group) is 1. The number of benzene rings is 1. The molecule has 34 heavy (non-hydrogen) atoms. The van der Waals surface area contributed by atoms with Gasteiger partial charge >= 0.3 is 5.97 Å². The van der Waals surface area contributed by atoms with Gasteiger partial charge in [-0.1, -0.05) is 44.9 Å². The highest BCUT2D eigenvalue weighted by atomic mass is 32.1. The normalized spacial score (nSPS) is 21.5. The van der Waals surface area contributed by atoms with Crippen molar-refractivity contribution >= 4 is 28.7 Å². The molecule has 5 heteroatoms. The van der Waals surface area contributed by atoms with Crippen LogP contribution in [0.5, 0.6) is 0 Å². The maximum atomic E-state index is 12.9. The Morgan fingerprint density at radius 2 is 1.91 bits per heavy atom. The summed E-state index contributed by atoms with van der Waals surface area (Å²) in [7, 11) is 1.47. The molecule has 182 valence electrons. The summed E-state index contributed by atoms with van der Waals surface area (Å²) >= 11 is 1.51. The number of methoxy groups -OCH3 is 1. The van der Waals surface area contributed by atoms with Gasteiger partial charge in [0.05, 0.1) is 7.11 Å². The number of carbonyl (C=O) groups excluding carboxylic acids is 2. The summed E-state index contributed by atoms with van der Waals surface area (Å²) in [4.78, 5) is 28.8. The number of nitrogens with zero attached hydrogens (tertiary/aromatic N) is 1. The van der Waals surface area contributed by atoms with Gasteiger partial charge in [-0.25, -0.2) is 4.79 Å². The van der Waals surface area contributed by atoms with E-state index in [9.17, 15) is 9.59 Å². The third kappa shape index (κ3) is 5.52. The summed E-state index contributed by atoms with van der Waals surface area (Å²) in [6.45, 7) is 9.31. The predicted octanol–water partition coefficient (Wildman–Crippen LogP) is 6.64. The Kier molecular flexibility index (Phi) is 8.05. The van der Waals surface area contributed by atoms with Crippen LogP contribution in [0.3, 0.4) is 0 Å². The zero-order chi connectivity index (χ0) is 24.2. The van der Waals surface area contributed by atoms with E-state index in [-0.39, 0.29) is 11.8 Å². The first kappa shape index (κ1) is 24.9. The molecule has 1 aromatic carbocycles. The van der Waals surface area contributed by atoms with Gasteiger partial charge in [0, 0.05) is 30.0 Å². The van der Waals surface area contributed by atoms with Gasteiger partial charge in [0.2, 0.25) is 0 Å². The van der Waals surface area contributed by atoms with Gasteiger partial charge < -0.3 is 4.74 Å². The van der Waals surface area contributed by atoms with Crippen molar-refractivity contribution in [1.82, 2.24) is 4.90 Å². The highest BCUT2D eigenvalue weighted by Crippen LogP contribution is 2.43. The van der Waals surface area contributed by atoms with Crippen molar-refractivity contribution in [3.63, 3.8) is 0 Å². The molecule has 0 unspecified atom stereocenters. The Morgan fingerprint density at radius 1 is 1.15 bits per heavy atom. The molecule has 1 fully saturated rings. The van der Waals surface area contributed by atoms with Crippen LogP contribution in [-0.2, 0) is 16.0 Å². The fourth-order valence-electron chi connectivity index (χ4n) is 5.53. The molecule has 1 aliphatic heterocycles. The van der Waals surface area contributed by atoms with Crippen LogP contribution in [-0.4, -0.2) is 43.4 Å². The van der Waals surface area contributed by atoms with Crippen molar-refractivity contribution in [1.29, 1.82) is 0 Å². The molecule has 1 aromatic heterocycles. The molecule has 1 aliphatic carbocycles. The zero-order valence-corrected chi connectivity index (χ0v) is 21.8. The summed E-state index contributed by atoms with van der Waals surface area (Å²) in [6.07, 6.45) is 6.47. The van der Waals surface area contributed by atoms with E-state index in [1.807, 2.05) is 12.1 Å². The van der Waals surface area contributed by atoms with Crippen molar-refractivity contribution in [2.75, 3.05) is 26.7 Å². The number of Topliss-reactive ketones (excluding diaryl/α,β-unsaturated/α-hetero) is 1. The van der Waals surface area contributed by atoms with Crippen molar-refractivity contribution in [2.24, 2.45) is 11.8 Å². The van der Waals surface area contributed by atoms with Crippen LogP contribution in [0, 0.1) is 11.8 Å². The van der Waals surface area contributed by atoms with Crippen molar-refractivity contribution in [2.45, 2.75) is 59.3 Å². The molecule has 2 aliphatic rings. The van der Waals surface area contributed by atoms with E-state index >= 15 is 0 Å². The second-order valence-corrected chi connectivity index (χ2v) is 11.1. The minimum Gasteiger partial charge on any atom is -0.465 e. The topological polar surface area (TPSA) is 46.6 Å². The fourth-order valence-corrected chi connectivity index (χ4v) is 6.63. The van der Waals surface area contributed by atoms with Gasteiger partial charge in [-0.3, -0.25) is 9.69 Å². The molecule has 2 heterocycles. The van der Waals surface area contributed by atoms with E-state index in [0.717, 1.165) is 53.5 Å². The van der Waals surface area contributed by atoms with Crippen LogP contribution in [0.1, 0.15) is 73.7 Å². The summed E-state index contributed by atoms with van der Waals surface area (Å²) in [5.74, 6) is 1.31. The molecule has 0 amide bonds. The van der Waals surface area contributed by atoms with E-state index in [4.69, 9.17) is 4.74 Å². The average molecular weight is 480 g/mol. The lowest BCUT2D eigenvalue weighted by Crippen LogP contribution is -2.34. The van der Waals surface area contributed by atoms with Gasteiger partial charge in [0.15, 0.2) is 0 Å². The predicted molar refractivity (Wildman–Crippen MR) is 140 cm³/mol. The highest BCUT2D eigenvalue weighted by Gasteiger charge is 2.31. The number of esters is 1. The van der Waals surface area contributed by atoms with Gasteiger partial charge in [0.1, 0.15) is 10.7 Å². The standard InChI is InChI=1S/C29H37NO3S/c1-5-30-14-13-24(26(18-30)22-11-9-19(2)10-12-22)25-17-27(34-28(25)29(32)33-4)23-8-6-7-21(16-23)15-20(3)31/h6-8,16-17,19,22H,5,9-15,18H2,1-4H3. The fraction of sp³-hybridized carbons (Fsp3) is 0.517. The summed E-state index contributed by atoms with van der Waals surface area (Å²) in [5.41, 5.74) is 6.03. The Morgan fingerprint density at radius 3 is 2.59 bits per heavy atom. The smallest absolute Gasteiger partial charge is 0.348 e. The van der Waals surface area contributed by atoms with Crippen molar-refractivity contribution in [3.8, 4) is 10.4 Å². The molecule has 0 saturated heterocycles. The van der Waals surface area contributed by atoms with E-state index in [1.165, 1.54) is 49.7 Å². The zero-order valence-electron chi connectivity index (χ0n) is 21.0. The Balaban J connectivity index is 1.79. The second kappa shape index (κ2) is 11.0. The molecule has 1 saturated carbocycles. The number of thiophene rings is 1. The third-order valence-corrected chi connectivity index (χ3v) is 8.67. The molecular formula is C29H37NO3S. The van der Waals surface area contributed by atoms with Gasteiger partial charge in [0.25, 0.3) is 0 Å². The molecule has 0 bridgehead atoms. The Hall–Kier alpha value is -2.24. The molecule has 0 radical (unpaired) electrons.